The summed E-state index contributed by atoms with van der Waals surface area (Å²) in [6.45, 7) is 3.62. The molecule has 0 unspecified atom stereocenters. The number of benzene rings is 3. The van der Waals surface area contributed by atoms with Crippen molar-refractivity contribution >= 4 is 40.8 Å². The Labute approximate surface area is 215 Å². The van der Waals surface area contributed by atoms with Crippen LogP contribution in [0.4, 0.5) is 11.4 Å². The first-order valence-electron chi connectivity index (χ1n) is 11.8. The number of halogens is 1. The molecule has 0 aliphatic carbocycles. The number of hydrogen-bond acceptors (Lipinski definition) is 5. The Morgan fingerprint density at radius 1 is 0.778 bits per heavy atom. The Bertz CT molecular complexity index is 1190. The Morgan fingerprint density at radius 2 is 1.44 bits per heavy atom. The summed E-state index contributed by atoms with van der Waals surface area (Å²) in [5, 5.41) is 6.05. The molecule has 0 atom stereocenters. The third-order valence-corrected chi connectivity index (χ3v) is 5.70. The Balaban J connectivity index is 1.41. The van der Waals surface area contributed by atoms with E-state index in [0.29, 0.717) is 22.2 Å². The van der Waals surface area contributed by atoms with Gasteiger partial charge in [0.05, 0.1) is 11.4 Å². The number of aryl methyl sites for hydroxylation is 2. The largest absolute Gasteiger partial charge is 0.456 e. The van der Waals surface area contributed by atoms with Crippen LogP contribution in [0, 0.1) is 0 Å². The van der Waals surface area contributed by atoms with Crippen LogP contribution in [-0.4, -0.2) is 24.4 Å². The van der Waals surface area contributed by atoms with Crippen LogP contribution < -0.4 is 15.4 Å². The van der Waals surface area contributed by atoms with Gasteiger partial charge in [-0.15, -0.1) is 0 Å². The minimum atomic E-state index is -0.622. The van der Waals surface area contributed by atoms with Crippen LogP contribution in [0.1, 0.15) is 37.8 Å². The molecule has 0 heterocycles. The summed E-state index contributed by atoms with van der Waals surface area (Å²) in [6, 6.07) is 19.8. The molecule has 0 fully saturated rings. The summed E-state index contributed by atoms with van der Waals surface area (Å²) in [5.74, 6) is -0.287. The highest BCUT2D eigenvalue weighted by atomic mass is 35.5. The van der Waals surface area contributed by atoms with E-state index in [2.05, 4.69) is 10.6 Å². The Kier molecular flexibility index (Phi) is 9.89. The third-order valence-electron chi connectivity index (χ3n) is 5.39. The topological polar surface area (TPSA) is 93.7 Å². The second-order valence-electron chi connectivity index (χ2n) is 7.97. The second-order valence-corrected chi connectivity index (χ2v) is 8.38. The van der Waals surface area contributed by atoms with E-state index in [4.69, 9.17) is 21.1 Å². The van der Waals surface area contributed by atoms with Gasteiger partial charge < -0.3 is 20.1 Å². The molecule has 2 amide bonds. The SMILES string of the molecule is CCc1cccc(CC)c1NC(=O)COC(=O)CCC(=O)Nc1ccc(Oc2ccccc2Cl)cc1. The molecule has 3 aromatic carbocycles. The summed E-state index contributed by atoms with van der Waals surface area (Å²) in [5.41, 5.74) is 3.37. The number of carbonyl (C=O) groups excluding carboxylic acids is 3. The number of anilines is 2. The number of carbonyl (C=O) groups is 3. The number of esters is 1. The van der Waals surface area contributed by atoms with Crippen molar-refractivity contribution in [2.75, 3.05) is 17.2 Å². The standard InChI is InChI=1S/C28H29ClN2O5/c1-3-19-8-7-9-20(4-2)28(19)31-26(33)18-35-27(34)17-16-25(32)30-21-12-14-22(15-13-21)36-24-11-6-5-10-23(24)29/h5-15H,3-4,16-18H2,1-2H3,(H,30,32)(H,31,33). The van der Waals surface area contributed by atoms with Crippen molar-refractivity contribution in [3.8, 4) is 11.5 Å². The summed E-state index contributed by atoms with van der Waals surface area (Å²) in [6.07, 6.45) is 1.33. The molecule has 8 heteroatoms. The van der Waals surface area contributed by atoms with Gasteiger partial charge in [-0.3, -0.25) is 14.4 Å². The maximum Gasteiger partial charge on any atom is 0.306 e. The van der Waals surface area contributed by atoms with Gasteiger partial charge in [-0.05, 0) is 60.4 Å². The number of nitrogens with one attached hydrogen (secondary N) is 2. The van der Waals surface area contributed by atoms with E-state index in [1.807, 2.05) is 44.2 Å². The van der Waals surface area contributed by atoms with Gasteiger partial charge in [0.1, 0.15) is 11.5 Å². The normalized spacial score (nSPS) is 10.4. The second kappa shape index (κ2) is 13.3. The Hall–Kier alpha value is -3.84. The third kappa shape index (κ3) is 7.85. The van der Waals surface area contributed by atoms with Crippen LogP contribution in [0.5, 0.6) is 11.5 Å². The van der Waals surface area contributed by atoms with Gasteiger partial charge in [-0.2, -0.15) is 0 Å². The summed E-state index contributed by atoms with van der Waals surface area (Å²) in [4.78, 5) is 36.6. The fourth-order valence-corrected chi connectivity index (χ4v) is 3.67. The van der Waals surface area contributed by atoms with Crippen molar-refractivity contribution in [2.24, 2.45) is 0 Å². The van der Waals surface area contributed by atoms with Crippen LogP contribution in [0.25, 0.3) is 0 Å². The maximum atomic E-state index is 12.3. The molecule has 0 radical (unpaired) electrons. The monoisotopic (exact) mass is 508 g/mol. The molecule has 0 spiro atoms. The summed E-state index contributed by atoms with van der Waals surface area (Å²) < 4.78 is 10.8. The van der Waals surface area contributed by atoms with Crippen molar-refractivity contribution in [2.45, 2.75) is 39.5 Å². The fourth-order valence-electron chi connectivity index (χ4n) is 3.50. The zero-order valence-electron chi connectivity index (χ0n) is 20.3. The quantitative estimate of drug-likeness (QED) is 0.303. The average molecular weight is 509 g/mol. The number of rotatable bonds is 11. The van der Waals surface area contributed by atoms with Gasteiger partial charge in [0.15, 0.2) is 6.61 Å². The van der Waals surface area contributed by atoms with Crippen LogP contribution in [0.15, 0.2) is 66.7 Å². The molecule has 0 aromatic heterocycles. The lowest BCUT2D eigenvalue weighted by Crippen LogP contribution is -2.23. The number of ether oxygens (including phenoxy) is 2. The van der Waals surface area contributed by atoms with Crippen molar-refractivity contribution in [1.29, 1.82) is 0 Å². The fraction of sp³-hybridized carbons (Fsp3) is 0.250. The molecule has 36 heavy (non-hydrogen) atoms. The molecule has 3 aromatic rings. The van der Waals surface area contributed by atoms with E-state index in [1.54, 1.807) is 36.4 Å². The molecule has 3 rings (SSSR count). The van der Waals surface area contributed by atoms with Crippen molar-refractivity contribution < 1.29 is 23.9 Å². The lowest BCUT2D eigenvalue weighted by atomic mass is 10.0. The van der Waals surface area contributed by atoms with E-state index in [1.165, 1.54) is 0 Å². The van der Waals surface area contributed by atoms with Crippen molar-refractivity contribution in [3.05, 3.63) is 82.9 Å². The maximum absolute atomic E-state index is 12.3. The summed E-state index contributed by atoms with van der Waals surface area (Å²) >= 11 is 6.09. The first-order valence-corrected chi connectivity index (χ1v) is 12.2. The molecule has 0 bridgehead atoms. The lowest BCUT2D eigenvalue weighted by molar-refractivity contribution is -0.147. The van der Waals surface area contributed by atoms with Gasteiger partial charge in [-0.25, -0.2) is 0 Å². The van der Waals surface area contributed by atoms with Gasteiger partial charge in [-0.1, -0.05) is 55.8 Å². The molecule has 0 saturated carbocycles. The van der Waals surface area contributed by atoms with Crippen LogP contribution in [-0.2, 0) is 32.0 Å². The molecule has 0 aliphatic heterocycles. The minimum Gasteiger partial charge on any atom is -0.456 e. The highest BCUT2D eigenvalue weighted by molar-refractivity contribution is 6.32. The highest BCUT2D eigenvalue weighted by Gasteiger charge is 2.14. The number of para-hydroxylation sites is 2. The average Bonchev–Trinajstić information content (AvgIpc) is 2.88. The van der Waals surface area contributed by atoms with Crippen molar-refractivity contribution in [3.63, 3.8) is 0 Å². The number of amides is 2. The predicted molar refractivity (Wildman–Crippen MR) is 141 cm³/mol. The first-order chi connectivity index (χ1) is 17.4. The van der Waals surface area contributed by atoms with Crippen LogP contribution >= 0.6 is 11.6 Å². The molecule has 2 N–H and O–H groups in total. The predicted octanol–water partition coefficient (Wildman–Crippen LogP) is 6.16. The van der Waals surface area contributed by atoms with Crippen LogP contribution in [0.2, 0.25) is 5.02 Å². The van der Waals surface area contributed by atoms with Gasteiger partial charge in [0.25, 0.3) is 5.91 Å². The smallest absolute Gasteiger partial charge is 0.306 e. The zero-order valence-corrected chi connectivity index (χ0v) is 21.1. The van der Waals surface area contributed by atoms with Gasteiger partial charge in [0.2, 0.25) is 5.91 Å². The van der Waals surface area contributed by atoms with E-state index in [0.717, 1.165) is 29.7 Å². The molecule has 0 aliphatic rings. The highest BCUT2D eigenvalue weighted by Crippen LogP contribution is 2.29. The van der Waals surface area contributed by atoms with Crippen molar-refractivity contribution in [1.82, 2.24) is 0 Å². The van der Waals surface area contributed by atoms with E-state index >= 15 is 0 Å². The molecular formula is C28H29ClN2O5. The van der Waals surface area contributed by atoms with Crippen LogP contribution in [0.3, 0.4) is 0 Å². The molecule has 0 saturated heterocycles. The molecular weight excluding hydrogens is 480 g/mol. The zero-order chi connectivity index (χ0) is 25.9. The van der Waals surface area contributed by atoms with E-state index in [-0.39, 0.29) is 18.7 Å². The van der Waals surface area contributed by atoms with Gasteiger partial charge >= 0.3 is 5.97 Å². The molecule has 188 valence electrons. The Morgan fingerprint density at radius 3 is 2.08 bits per heavy atom. The van der Waals surface area contributed by atoms with E-state index in [9.17, 15) is 14.4 Å². The minimum absolute atomic E-state index is 0.0724. The number of hydrogen-bond donors (Lipinski definition) is 2. The lowest BCUT2D eigenvalue weighted by Gasteiger charge is -2.14. The summed E-state index contributed by atoms with van der Waals surface area (Å²) in [7, 11) is 0. The molecule has 7 nitrogen and oxygen atoms in total. The first kappa shape index (κ1) is 26.8. The van der Waals surface area contributed by atoms with E-state index < -0.39 is 18.5 Å². The van der Waals surface area contributed by atoms with Gasteiger partial charge in [0, 0.05) is 17.8 Å².